The number of aryl methyl sites for hydroxylation is 3. The van der Waals surface area contributed by atoms with Gasteiger partial charge in [0, 0.05) is 12.8 Å². The van der Waals surface area contributed by atoms with E-state index in [0.29, 0.717) is 0 Å². The van der Waals surface area contributed by atoms with E-state index < -0.39 is 0 Å². The van der Waals surface area contributed by atoms with Crippen LogP contribution in [0, 0.1) is 19.8 Å². The molecule has 1 saturated heterocycles. The van der Waals surface area contributed by atoms with Gasteiger partial charge in [0.15, 0.2) is 5.16 Å². The Kier molecular flexibility index (Phi) is 4.03. The minimum absolute atomic E-state index is 0.789. The SMILES string of the molecule is Cc1cc2nc(SCC3CCCNC3)n(C)c2cc1C. The molecule has 20 heavy (non-hydrogen) atoms. The largest absolute Gasteiger partial charge is 0.322 e. The Morgan fingerprint density at radius 2 is 2.15 bits per heavy atom. The summed E-state index contributed by atoms with van der Waals surface area (Å²) in [4.78, 5) is 4.80. The average Bonchev–Trinajstić information content (AvgIpc) is 2.75. The standard InChI is InChI=1S/C16H23N3S/c1-11-7-14-15(8-12(11)2)19(3)16(18-14)20-10-13-5-4-6-17-9-13/h7-8,13,17H,4-6,9-10H2,1-3H3. The van der Waals surface area contributed by atoms with Crippen LogP contribution in [0.2, 0.25) is 0 Å². The number of nitrogens with one attached hydrogen (secondary N) is 1. The van der Waals surface area contributed by atoms with Gasteiger partial charge in [-0.3, -0.25) is 0 Å². The predicted octanol–water partition coefficient (Wildman–Crippen LogP) is 3.28. The van der Waals surface area contributed by atoms with Gasteiger partial charge < -0.3 is 9.88 Å². The van der Waals surface area contributed by atoms with E-state index >= 15 is 0 Å². The van der Waals surface area contributed by atoms with Crippen molar-refractivity contribution in [2.75, 3.05) is 18.8 Å². The molecule has 3 rings (SSSR count). The minimum atomic E-state index is 0.789. The van der Waals surface area contributed by atoms with Crippen LogP contribution in [0.4, 0.5) is 0 Å². The lowest BCUT2D eigenvalue weighted by atomic mass is 10.0. The zero-order valence-corrected chi connectivity index (χ0v) is 13.4. The highest BCUT2D eigenvalue weighted by molar-refractivity contribution is 7.99. The Morgan fingerprint density at radius 3 is 2.90 bits per heavy atom. The first-order valence-electron chi connectivity index (χ1n) is 7.42. The summed E-state index contributed by atoms with van der Waals surface area (Å²) in [5.74, 6) is 1.96. The molecule has 0 bridgehead atoms. The Morgan fingerprint density at radius 1 is 1.35 bits per heavy atom. The number of hydrogen-bond donors (Lipinski definition) is 1. The van der Waals surface area contributed by atoms with Gasteiger partial charge in [-0.15, -0.1) is 0 Å². The molecule has 1 aliphatic rings. The van der Waals surface area contributed by atoms with E-state index in [1.165, 1.54) is 41.8 Å². The van der Waals surface area contributed by atoms with Gasteiger partial charge in [-0.25, -0.2) is 4.98 Å². The molecule has 1 atom stereocenters. The summed E-state index contributed by atoms with van der Waals surface area (Å²) in [7, 11) is 2.13. The second-order valence-electron chi connectivity index (χ2n) is 5.90. The third kappa shape index (κ3) is 2.72. The molecule has 0 amide bonds. The molecule has 0 saturated carbocycles. The molecule has 108 valence electrons. The van der Waals surface area contributed by atoms with E-state index in [2.05, 4.69) is 42.9 Å². The molecule has 4 heteroatoms. The summed E-state index contributed by atoms with van der Waals surface area (Å²) in [6.07, 6.45) is 2.66. The molecule has 1 N–H and O–H groups in total. The van der Waals surface area contributed by atoms with Gasteiger partial charge in [0.2, 0.25) is 0 Å². The van der Waals surface area contributed by atoms with Crippen molar-refractivity contribution < 1.29 is 0 Å². The molecule has 1 aromatic heterocycles. The molecule has 0 spiro atoms. The van der Waals surface area contributed by atoms with Crippen LogP contribution in [-0.2, 0) is 7.05 Å². The van der Waals surface area contributed by atoms with Crippen molar-refractivity contribution >= 4 is 22.8 Å². The molecular formula is C16H23N3S. The third-order valence-electron chi connectivity index (χ3n) is 4.30. The molecule has 0 radical (unpaired) electrons. The molecule has 1 fully saturated rings. The van der Waals surface area contributed by atoms with Gasteiger partial charge in [0.05, 0.1) is 11.0 Å². The van der Waals surface area contributed by atoms with Crippen LogP contribution in [0.3, 0.4) is 0 Å². The van der Waals surface area contributed by atoms with E-state index in [0.717, 1.165) is 23.1 Å². The van der Waals surface area contributed by atoms with E-state index in [9.17, 15) is 0 Å². The van der Waals surface area contributed by atoms with Gasteiger partial charge in [-0.05, 0) is 69.0 Å². The van der Waals surface area contributed by atoms with E-state index in [-0.39, 0.29) is 0 Å². The number of nitrogens with zero attached hydrogens (tertiary/aromatic N) is 2. The highest BCUT2D eigenvalue weighted by Crippen LogP contribution is 2.27. The maximum absolute atomic E-state index is 4.80. The summed E-state index contributed by atoms with van der Waals surface area (Å²) in [5.41, 5.74) is 5.04. The number of aromatic nitrogens is 2. The minimum Gasteiger partial charge on any atom is -0.322 e. The number of benzene rings is 1. The second kappa shape index (κ2) is 5.78. The van der Waals surface area contributed by atoms with Crippen LogP contribution in [0.1, 0.15) is 24.0 Å². The molecule has 1 unspecified atom stereocenters. The fourth-order valence-corrected chi connectivity index (χ4v) is 3.94. The Hall–Kier alpha value is -1.00. The summed E-state index contributed by atoms with van der Waals surface area (Å²) >= 11 is 1.90. The van der Waals surface area contributed by atoms with E-state index in [1.807, 2.05) is 11.8 Å². The van der Waals surface area contributed by atoms with Crippen molar-refractivity contribution in [3.8, 4) is 0 Å². The highest BCUT2D eigenvalue weighted by atomic mass is 32.2. The summed E-state index contributed by atoms with van der Waals surface area (Å²) < 4.78 is 2.24. The Labute approximate surface area is 125 Å². The van der Waals surface area contributed by atoms with Gasteiger partial charge in [-0.1, -0.05) is 11.8 Å². The fraction of sp³-hybridized carbons (Fsp3) is 0.562. The van der Waals surface area contributed by atoms with Crippen molar-refractivity contribution in [2.24, 2.45) is 13.0 Å². The van der Waals surface area contributed by atoms with E-state index in [1.54, 1.807) is 0 Å². The third-order valence-corrected chi connectivity index (χ3v) is 5.56. The molecule has 3 nitrogen and oxygen atoms in total. The lowest BCUT2D eigenvalue weighted by Crippen LogP contribution is -2.30. The number of piperidine rings is 1. The molecule has 0 aliphatic carbocycles. The highest BCUT2D eigenvalue weighted by Gasteiger charge is 2.15. The number of imidazole rings is 1. The molecular weight excluding hydrogens is 266 g/mol. The summed E-state index contributed by atoms with van der Waals surface area (Å²) in [5, 5.41) is 4.64. The lowest BCUT2D eigenvalue weighted by Gasteiger charge is -2.21. The van der Waals surface area contributed by atoms with Gasteiger partial charge in [0.1, 0.15) is 0 Å². The fourth-order valence-electron chi connectivity index (χ4n) is 2.81. The quantitative estimate of drug-likeness (QED) is 0.879. The zero-order chi connectivity index (χ0) is 14.1. The Balaban J connectivity index is 1.79. The zero-order valence-electron chi connectivity index (χ0n) is 12.6. The van der Waals surface area contributed by atoms with Crippen LogP contribution >= 0.6 is 11.8 Å². The first-order chi connectivity index (χ1) is 9.65. The monoisotopic (exact) mass is 289 g/mol. The second-order valence-corrected chi connectivity index (χ2v) is 6.89. The molecule has 1 aliphatic heterocycles. The molecule has 1 aromatic carbocycles. The van der Waals surface area contributed by atoms with Crippen molar-refractivity contribution in [3.63, 3.8) is 0 Å². The summed E-state index contributed by atoms with van der Waals surface area (Å²) in [6.45, 7) is 6.67. The number of hydrogen-bond acceptors (Lipinski definition) is 3. The van der Waals surface area contributed by atoms with Gasteiger partial charge in [-0.2, -0.15) is 0 Å². The van der Waals surface area contributed by atoms with Crippen LogP contribution in [-0.4, -0.2) is 28.4 Å². The van der Waals surface area contributed by atoms with Crippen LogP contribution in [0.5, 0.6) is 0 Å². The van der Waals surface area contributed by atoms with Gasteiger partial charge in [0.25, 0.3) is 0 Å². The summed E-state index contributed by atoms with van der Waals surface area (Å²) in [6, 6.07) is 4.46. The topological polar surface area (TPSA) is 29.9 Å². The smallest absolute Gasteiger partial charge is 0.168 e. The molecule has 2 heterocycles. The van der Waals surface area contributed by atoms with Crippen LogP contribution in [0.15, 0.2) is 17.3 Å². The van der Waals surface area contributed by atoms with Crippen LogP contribution in [0.25, 0.3) is 11.0 Å². The first-order valence-corrected chi connectivity index (χ1v) is 8.41. The Bertz CT molecular complexity index is 612. The van der Waals surface area contributed by atoms with E-state index in [4.69, 9.17) is 4.98 Å². The number of fused-ring (bicyclic) bond motifs is 1. The van der Waals surface area contributed by atoms with Crippen molar-refractivity contribution in [1.82, 2.24) is 14.9 Å². The lowest BCUT2D eigenvalue weighted by molar-refractivity contribution is 0.410. The average molecular weight is 289 g/mol. The number of rotatable bonds is 3. The predicted molar refractivity (Wildman–Crippen MR) is 86.5 cm³/mol. The number of thioether (sulfide) groups is 1. The van der Waals surface area contributed by atoms with Crippen molar-refractivity contribution in [3.05, 3.63) is 23.3 Å². The van der Waals surface area contributed by atoms with Crippen LogP contribution < -0.4 is 5.32 Å². The van der Waals surface area contributed by atoms with Crippen molar-refractivity contribution in [2.45, 2.75) is 31.8 Å². The maximum atomic E-state index is 4.80. The van der Waals surface area contributed by atoms with Gasteiger partial charge >= 0.3 is 0 Å². The van der Waals surface area contributed by atoms with Crippen molar-refractivity contribution in [1.29, 1.82) is 0 Å². The molecule has 2 aromatic rings. The normalized spacial score (nSPS) is 19.6. The first kappa shape index (κ1) is 14.0. The maximum Gasteiger partial charge on any atom is 0.168 e.